The fourth-order valence-electron chi connectivity index (χ4n) is 2.44. The fraction of sp³-hybridized carbons (Fsp3) is 0.357. The second-order valence-corrected chi connectivity index (χ2v) is 5.56. The minimum atomic E-state index is 0.812. The average Bonchev–Trinajstić information content (AvgIpc) is 2.56. The minimum absolute atomic E-state index is 0.812. The highest BCUT2D eigenvalue weighted by Gasteiger charge is 2.21. The van der Waals surface area contributed by atoms with Crippen LogP contribution in [0.4, 0.5) is 17.5 Å². The Bertz CT molecular complexity index is 598. The van der Waals surface area contributed by atoms with Gasteiger partial charge in [0.2, 0.25) is 0 Å². The van der Waals surface area contributed by atoms with Crippen LogP contribution in [0, 0.1) is 0 Å². The fourth-order valence-corrected chi connectivity index (χ4v) is 3.10. The van der Waals surface area contributed by atoms with Gasteiger partial charge in [-0.1, -0.05) is 6.07 Å². The van der Waals surface area contributed by atoms with Gasteiger partial charge in [-0.15, -0.1) is 0 Å². The van der Waals surface area contributed by atoms with Crippen molar-refractivity contribution in [2.45, 2.75) is 0 Å². The molecule has 2 aromatic heterocycles. The third kappa shape index (κ3) is 2.92. The summed E-state index contributed by atoms with van der Waals surface area (Å²) in [5.41, 5.74) is 0. The third-order valence-electron chi connectivity index (χ3n) is 3.56. The number of nitrogens with one attached hydrogen (secondary N) is 1. The molecule has 3 rings (SSSR count). The Hall–Kier alpha value is -1.89. The van der Waals surface area contributed by atoms with Crippen LogP contribution in [0.3, 0.4) is 0 Å². The van der Waals surface area contributed by atoms with Gasteiger partial charge in [-0.3, -0.25) is 0 Å². The Morgan fingerprint density at radius 2 is 1.81 bits per heavy atom. The van der Waals surface area contributed by atoms with Crippen LogP contribution < -0.4 is 15.1 Å². The number of rotatable bonds is 3. The van der Waals surface area contributed by atoms with E-state index in [1.165, 1.54) is 0 Å². The normalized spacial score (nSPS) is 15.1. The smallest absolute Gasteiger partial charge is 0.148 e. The molecule has 2 aromatic rings. The molecule has 1 aliphatic rings. The van der Waals surface area contributed by atoms with Gasteiger partial charge in [0.05, 0.1) is 0 Å². The van der Waals surface area contributed by atoms with Crippen LogP contribution in [0.15, 0.2) is 35.2 Å². The number of hydrogen-bond donors (Lipinski definition) is 1. The summed E-state index contributed by atoms with van der Waals surface area (Å²) in [7, 11) is 1.86. The molecule has 1 aliphatic heterocycles. The molecule has 0 amide bonds. The predicted octanol–water partition coefficient (Wildman–Crippen LogP) is 2.00. The highest BCUT2D eigenvalue weighted by molar-refractivity contribution is 9.10. The summed E-state index contributed by atoms with van der Waals surface area (Å²) in [6.45, 7) is 3.69. The molecule has 21 heavy (non-hydrogen) atoms. The van der Waals surface area contributed by atoms with E-state index in [4.69, 9.17) is 0 Å². The number of pyridine rings is 1. The van der Waals surface area contributed by atoms with E-state index in [0.717, 1.165) is 48.1 Å². The molecule has 0 aromatic carbocycles. The molecule has 0 atom stereocenters. The zero-order valence-electron chi connectivity index (χ0n) is 11.8. The van der Waals surface area contributed by atoms with Crippen LogP contribution in [0.25, 0.3) is 0 Å². The van der Waals surface area contributed by atoms with E-state index < -0.39 is 0 Å². The van der Waals surface area contributed by atoms with Crippen LogP contribution in [0.5, 0.6) is 0 Å². The Kier molecular flexibility index (Phi) is 4.19. The van der Waals surface area contributed by atoms with E-state index in [0.29, 0.717) is 0 Å². The first-order valence-corrected chi connectivity index (χ1v) is 7.68. The van der Waals surface area contributed by atoms with Crippen molar-refractivity contribution in [3.63, 3.8) is 0 Å². The van der Waals surface area contributed by atoms with Crippen molar-refractivity contribution in [3.8, 4) is 0 Å². The van der Waals surface area contributed by atoms with Crippen molar-refractivity contribution in [1.29, 1.82) is 0 Å². The quantitative estimate of drug-likeness (QED) is 0.915. The van der Waals surface area contributed by atoms with Gasteiger partial charge in [0.1, 0.15) is 28.3 Å². The lowest BCUT2D eigenvalue weighted by Crippen LogP contribution is -2.47. The lowest BCUT2D eigenvalue weighted by Gasteiger charge is -2.36. The number of hydrogen-bond acceptors (Lipinski definition) is 6. The van der Waals surface area contributed by atoms with Gasteiger partial charge < -0.3 is 15.1 Å². The molecule has 0 unspecified atom stereocenters. The average molecular weight is 349 g/mol. The molecule has 0 aliphatic carbocycles. The van der Waals surface area contributed by atoms with E-state index >= 15 is 0 Å². The first-order chi connectivity index (χ1) is 10.3. The molecular formula is C14H17BrN6. The zero-order valence-corrected chi connectivity index (χ0v) is 13.4. The lowest BCUT2D eigenvalue weighted by molar-refractivity contribution is 0.640. The molecule has 1 saturated heterocycles. The molecule has 110 valence electrons. The molecule has 0 radical (unpaired) electrons. The number of piperazine rings is 1. The number of halogens is 1. The van der Waals surface area contributed by atoms with Crippen molar-refractivity contribution in [3.05, 3.63) is 35.2 Å². The summed E-state index contributed by atoms with van der Waals surface area (Å²) in [6.07, 6.45) is 3.43. The van der Waals surface area contributed by atoms with Gasteiger partial charge in [-0.25, -0.2) is 15.0 Å². The molecular weight excluding hydrogens is 332 g/mol. The molecule has 0 bridgehead atoms. The maximum atomic E-state index is 4.41. The SMILES string of the molecule is CNc1ncnc(N2CCN(c3ccccn3)CC2)c1Br. The summed E-state index contributed by atoms with van der Waals surface area (Å²) >= 11 is 3.58. The maximum Gasteiger partial charge on any atom is 0.148 e. The van der Waals surface area contributed by atoms with Gasteiger partial charge in [0.15, 0.2) is 0 Å². The van der Waals surface area contributed by atoms with Crippen LogP contribution in [-0.2, 0) is 0 Å². The van der Waals surface area contributed by atoms with E-state index in [-0.39, 0.29) is 0 Å². The number of nitrogens with zero attached hydrogens (tertiary/aromatic N) is 5. The van der Waals surface area contributed by atoms with Crippen molar-refractivity contribution in [1.82, 2.24) is 15.0 Å². The monoisotopic (exact) mass is 348 g/mol. The number of aromatic nitrogens is 3. The summed E-state index contributed by atoms with van der Waals surface area (Å²) in [4.78, 5) is 17.6. The Morgan fingerprint density at radius 3 is 2.48 bits per heavy atom. The third-order valence-corrected chi connectivity index (χ3v) is 4.29. The molecule has 7 heteroatoms. The topological polar surface area (TPSA) is 57.2 Å². The van der Waals surface area contributed by atoms with Gasteiger partial charge in [-0.05, 0) is 28.1 Å². The second kappa shape index (κ2) is 6.26. The molecule has 1 fully saturated rings. The van der Waals surface area contributed by atoms with E-state index in [1.807, 2.05) is 25.4 Å². The van der Waals surface area contributed by atoms with E-state index in [9.17, 15) is 0 Å². The van der Waals surface area contributed by atoms with Crippen LogP contribution in [0.1, 0.15) is 0 Å². The van der Waals surface area contributed by atoms with Gasteiger partial charge in [0, 0.05) is 39.4 Å². The first kappa shape index (κ1) is 14.1. The van der Waals surface area contributed by atoms with E-state index in [2.05, 4.69) is 52.1 Å². The van der Waals surface area contributed by atoms with Gasteiger partial charge in [-0.2, -0.15) is 0 Å². The molecule has 6 nitrogen and oxygen atoms in total. The Morgan fingerprint density at radius 1 is 1.05 bits per heavy atom. The number of anilines is 3. The zero-order chi connectivity index (χ0) is 14.7. The summed E-state index contributed by atoms with van der Waals surface area (Å²) in [6, 6.07) is 6.02. The van der Waals surface area contributed by atoms with Crippen LogP contribution >= 0.6 is 15.9 Å². The molecule has 3 heterocycles. The summed E-state index contributed by atoms with van der Waals surface area (Å²) < 4.78 is 0.916. The van der Waals surface area contributed by atoms with Crippen molar-refractivity contribution in [2.75, 3.05) is 48.3 Å². The highest BCUT2D eigenvalue weighted by atomic mass is 79.9. The Labute approximate surface area is 132 Å². The minimum Gasteiger partial charge on any atom is -0.372 e. The maximum absolute atomic E-state index is 4.41. The van der Waals surface area contributed by atoms with Gasteiger partial charge >= 0.3 is 0 Å². The Balaban J connectivity index is 1.72. The summed E-state index contributed by atoms with van der Waals surface area (Å²) in [5.74, 6) is 2.79. The standard InChI is InChI=1S/C14H17BrN6/c1-16-13-12(15)14(19-10-18-13)21-8-6-20(7-9-21)11-4-2-3-5-17-11/h2-5,10H,6-9H2,1H3,(H,16,18,19). The predicted molar refractivity (Wildman–Crippen MR) is 87.9 cm³/mol. The highest BCUT2D eigenvalue weighted by Crippen LogP contribution is 2.30. The second-order valence-electron chi connectivity index (χ2n) is 4.77. The van der Waals surface area contributed by atoms with Crippen molar-refractivity contribution >= 4 is 33.4 Å². The first-order valence-electron chi connectivity index (χ1n) is 6.89. The largest absolute Gasteiger partial charge is 0.372 e. The van der Waals surface area contributed by atoms with Crippen molar-refractivity contribution in [2.24, 2.45) is 0 Å². The molecule has 0 spiro atoms. The van der Waals surface area contributed by atoms with E-state index in [1.54, 1.807) is 6.33 Å². The van der Waals surface area contributed by atoms with Gasteiger partial charge in [0.25, 0.3) is 0 Å². The van der Waals surface area contributed by atoms with Crippen LogP contribution in [-0.4, -0.2) is 48.2 Å². The molecule has 0 saturated carbocycles. The van der Waals surface area contributed by atoms with Crippen molar-refractivity contribution < 1.29 is 0 Å². The van der Waals surface area contributed by atoms with Crippen LogP contribution in [0.2, 0.25) is 0 Å². The lowest BCUT2D eigenvalue weighted by atomic mass is 10.3. The molecule has 1 N–H and O–H groups in total. The summed E-state index contributed by atoms with van der Waals surface area (Å²) in [5, 5.41) is 3.06.